The lowest BCUT2D eigenvalue weighted by atomic mass is 10.1. The molecular weight excluding hydrogens is 192 g/mol. The summed E-state index contributed by atoms with van der Waals surface area (Å²) in [4.78, 5) is 11.9. The van der Waals surface area contributed by atoms with Gasteiger partial charge >= 0.3 is 6.09 Å². The Morgan fingerprint density at radius 3 is 2.33 bits per heavy atom. The van der Waals surface area contributed by atoms with Crippen LogP contribution in [-0.4, -0.2) is 17.7 Å². The van der Waals surface area contributed by atoms with Gasteiger partial charge in [0.1, 0.15) is 6.54 Å². The van der Waals surface area contributed by atoms with Crippen LogP contribution < -0.4 is 4.90 Å². The van der Waals surface area contributed by atoms with Gasteiger partial charge in [-0.2, -0.15) is 5.26 Å². The SMILES string of the molecule is Cc1cc(C)cc(N(CC#N)C(=O)O)c1. The van der Waals surface area contributed by atoms with Gasteiger partial charge in [0.15, 0.2) is 0 Å². The van der Waals surface area contributed by atoms with Gasteiger partial charge in [0.25, 0.3) is 0 Å². The van der Waals surface area contributed by atoms with Crippen molar-refractivity contribution in [2.24, 2.45) is 0 Å². The van der Waals surface area contributed by atoms with Crippen LogP contribution in [0.25, 0.3) is 0 Å². The molecule has 1 aromatic rings. The Balaban J connectivity index is 3.11. The second-order valence-corrected chi connectivity index (χ2v) is 3.37. The zero-order chi connectivity index (χ0) is 11.4. The largest absolute Gasteiger partial charge is 0.465 e. The average Bonchev–Trinajstić information content (AvgIpc) is 2.11. The summed E-state index contributed by atoms with van der Waals surface area (Å²) < 4.78 is 0. The molecule has 0 radical (unpaired) electrons. The predicted octanol–water partition coefficient (Wildman–Crippen LogP) is 2.31. The molecule has 0 atom stereocenters. The third-order valence-electron chi connectivity index (χ3n) is 1.98. The van der Waals surface area contributed by atoms with Gasteiger partial charge in [0.2, 0.25) is 0 Å². The van der Waals surface area contributed by atoms with Crippen LogP contribution in [0.4, 0.5) is 10.5 Å². The van der Waals surface area contributed by atoms with E-state index in [0.717, 1.165) is 16.0 Å². The summed E-state index contributed by atoms with van der Waals surface area (Å²) in [5.41, 5.74) is 2.50. The fourth-order valence-corrected chi connectivity index (χ4v) is 1.45. The molecule has 0 aromatic heterocycles. The van der Waals surface area contributed by atoms with Crippen LogP contribution in [0, 0.1) is 25.2 Å². The molecule has 4 nitrogen and oxygen atoms in total. The zero-order valence-corrected chi connectivity index (χ0v) is 8.69. The van der Waals surface area contributed by atoms with Crippen molar-refractivity contribution >= 4 is 11.8 Å². The summed E-state index contributed by atoms with van der Waals surface area (Å²) in [7, 11) is 0. The molecule has 4 heteroatoms. The Morgan fingerprint density at radius 1 is 1.40 bits per heavy atom. The molecule has 1 rings (SSSR count). The third kappa shape index (κ3) is 2.71. The van der Waals surface area contributed by atoms with Gasteiger partial charge in [-0.15, -0.1) is 0 Å². The van der Waals surface area contributed by atoms with Crippen molar-refractivity contribution in [2.75, 3.05) is 11.4 Å². The van der Waals surface area contributed by atoms with E-state index in [9.17, 15) is 4.79 Å². The van der Waals surface area contributed by atoms with Crippen molar-refractivity contribution in [1.29, 1.82) is 5.26 Å². The fraction of sp³-hybridized carbons (Fsp3) is 0.273. The maximum atomic E-state index is 10.9. The van der Waals surface area contributed by atoms with Crippen molar-refractivity contribution in [2.45, 2.75) is 13.8 Å². The van der Waals surface area contributed by atoms with E-state index in [-0.39, 0.29) is 6.54 Å². The molecule has 0 aliphatic rings. The highest BCUT2D eigenvalue weighted by molar-refractivity contribution is 5.86. The van der Waals surface area contributed by atoms with Gasteiger partial charge in [-0.05, 0) is 37.1 Å². The van der Waals surface area contributed by atoms with Gasteiger partial charge in [-0.25, -0.2) is 4.79 Å². The van der Waals surface area contributed by atoms with E-state index in [2.05, 4.69) is 0 Å². The maximum absolute atomic E-state index is 10.9. The van der Waals surface area contributed by atoms with Crippen LogP contribution in [0.3, 0.4) is 0 Å². The molecule has 0 bridgehead atoms. The number of nitriles is 1. The van der Waals surface area contributed by atoms with Crippen LogP contribution in [0.5, 0.6) is 0 Å². The average molecular weight is 204 g/mol. The summed E-state index contributed by atoms with van der Waals surface area (Å²) in [5.74, 6) is 0. The predicted molar refractivity (Wildman–Crippen MR) is 56.9 cm³/mol. The molecule has 1 amide bonds. The number of nitrogens with zero attached hydrogens (tertiary/aromatic N) is 2. The minimum Gasteiger partial charge on any atom is -0.465 e. The zero-order valence-electron chi connectivity index (χ0n) is 8.69. The maximum Gasteiger partial charge on any atom is 0.412 e. The molecule has 0 heterocycles. The number of anilines is 1. The molecule has 15 heavy (non-hydrogen) atoms. The first kappa shape index (κ1) is 11.1. The summed E-state index contributed by atoms with van der Waals surface area (Å²) in [5, 5.41) is 17.4. The first-order chi connectivity index (χ1) is 7.04. The van der Waals surface area contributed by atoms with Gasteiger partial charge in [0, 0.05) is 5.69 Å². The Hall–Kier alpha value is -2.02. The van der Waals surface area contributed by atoms with Gasteiger partial charge in [-0.1, -0.05) is 6.07 Å². The first-order valence-corrected chi connectivity index (χ1v) is 4.50. The van der Waals surface area contributed by atoms with Crippen LogP contribution in [0.1, 0.15) is 11.1 Å². The molecular formula is C11H12N2O2. The lowest BCUT2D eigenvalue weighted by Crippen LogP contribution is -2.29. The quantitative estimate of drug-likeness (QED) is 0.752. The first-order valence-electron chi connectivity index (χ1n) is 4.50. The Morgan fingerprint density at radius 2 is 1.93 bits per heavy atom. The number of carbonyl (C=O) groups is 1. The highest BCUT2D eigenvalue weighted by Gasteiger charge is 2.13. The van der Waals surface area contributed by atoms with Crippen molar-refractivity contribution in [1.82, 2.24) is 0 Å². The Bertz CT molecular complexity index is 401. The molecule has 0 saturated heterocycles. The number of hydrogen-bond donors (Lipinski definition) is 1. The Kier molecular flexibility index (Phi) is 3.29. The van der Waals surface area contributed by atoms with Gasteiger partial charge < -0.3 is 5.11 Å². The molecule has 0 fully saturated rings. The van der Waals surface area contributed by atoms with E-state index in [4.69, 9.17) is 10.4 Å². The van der Waals surface area contributed by atoms with Crippen LogP contribution >= 0.6 is 0 Å². The second kappa shape index (κ2) is 4.47. The van der Waals surface area contributed by atoms with Crippen molar-refractivity contribution in [3.63, 3.8) is 0 Å². The van der Waals surface area contributed by atoms with E-state index in [1.54, 1.807) is 12.1 Å². The van der Waals surface area contributed by atoms with Crippen LogP contribution in [0.15, 0.2) is 18.2 Å². The van der Waals surface area contributed by atoms with Crippen LogP contribution in [0.2, 0.25) is 0 Å². The number of aryl methyl sites for hydroxylation is 2. The van der Waals surface area contributed by atoms with Crippen molar-refractivity contribution in [3.8, 4) is 6.07 Å². The molecule has 0 unspecified atom stereocenters. The summed E-state index contributed by atoms with van der Waals surface area (Å²) >= 11 is 0. The highest BCUT2D eigenvalue weighted by Crippen LogP contribution is 2.18. The number of rotatable bonds is 2. The lowest BCUT2D eigenvalue weighted by molar-refractivity contribution is 0.202. The molecule has 1 aromatic carbocycles. The monoisotopic (exact) mass is 204 g/mol. The molecule has 78 valence electrons. The van der Waals surface area contributed by atoms with E-state index >= 15 is 0 Å². The minimum absolute atomic E-state index is 0.155. The Labute approximate surface area is 88.4 Å². The van der Waals surface area contributed by atoms with E-state index < -0.39 is 6.09 Å². The highest BCUT2D eigenvalue weighted by atomic mass is 16.4. The third-order valence-corrected chi connectivity index (χ3v) is 1.98. The molecule has 0 spiro atoms. The molecule has 0 saturated carbocycles. The summed E-state index contributed by atoms with van der Waals surface area (Å²) in [6, 6.07) is 7.28. The lowest BCUT2D eigenvalue weighted by Gasteiger charge is -2.16. The second-order valence-electron chi connectivity index (χ2n) is 3.37. The van der Waals surface area contributed by atoms with Crippen LogP contribution in [-0.2, 0) is 0 Å². The summed E-state index contributed by atoms with van der Waals surface area (Å²) in [6.45, 7) is 3.63. The molecule has 1 N–H and O–H groups in total. The summed E-state index contributed by atoms with van der Waals surface area (Å²) in [6.07, 6.45) is -1.11. The molecule has 0 aliphatic heterocycles. The standard InChI is InChI=1S/C11H12N2O2/c1-8-5-9(2)7-10(6-8)13(4-3-12)11(14)15/h5-7H,4H2,1-2H3,(H,14,15). The normalized spacial score (nSPS) is 9.40. The van der Waals surface area contributed by atoms with E-state index in [1.165, 1.54) is 0 Å². The van der Waals surface area contributed by atoms with Crippen molar-refractivity contribution < 1.29 is 9.90 Å². The van der Waals surface area contributed by atoms with E-state index in [1.807, 2.05) is 26.0 Å². The van der Waals surface area contributed by atoms with E-state index in [0.29, 0.717) is 5.69 Å². The number of carboxylic acid groups (broad SMARTS) is 1. The topological polar surface area (TPSA) is 64.3 Å². The number of amides is 1. The fourth-order valence-electron chi connectivity index (χ4n) is 1.45. The molecule has 0 aliphatic carbocycles. The van der Waals surface area contributed by atoms with Crippen molar-refractivity contribution in [3.05, 3.63) is 29.3 Å². The smallest absolute Gasteiger partial charge is 0.412 e. The number of benzene rings is 1. The van der Waals surface area contributed by atoms with Gasteiger partial charge in [0.05, 0.1) is 6.07 Å². The minimum atomic E-state index is -1.11. The van der Waals surface area contributed by atoms with Gasteiger partial charge in [-0.3, -0.25) is 4.90 Å². The number of hydrogen-bond acceptors (Lipinski definition) is 2.